The molecule has 2 amide bonds. The van der Waals surface area contributed by atoms with E-state index < -0.39 is 6.17 Å². The van der Waals surface area contributed by atoms with E-state index in [1.54, 1.807) is 4.68 Å². The third-order valence-electron chi connectivity index (χ3n) is 11.4. The number of halogens is 1. The van der Waals surface area contributed by atoms with E-state index in [1.165, 1.54) is 6.42 Å². The molecule has 5 heterocycles. The van der Waals surface area contributed by atoms with Gasteiger partial charge in [0.05, 0.1) is 23.6 Å². The van der Waals surface area contributed by atoms with Crippen LogP contribution in [0.1, 0.15) is 102 Å². The topological polar surface area (TPSA) is 151 Å². The molecule has 1 unspecified atom stereocenters. The number of urea groups is 1. The Bertz CT molecular complexity index is 2190. The predicted octanol–water partition coefficient (Wildman–Crippen LogP) is 7.88. The number of nitrogens with one attached hydrogen (secondary N) is 2. The highest BCUT2D eigenvalue weighted by molar-refractivity contribution is 5.89. The van der Waals surface area contributed by atoms with Crippen molar-refractivity contribution >= 4 is 29.9 Å². The van der Waals surface area contributed by atoms with Gasteiger partial charge in [-0.1, -0.05) is 51.1 Å². The molecule has 2 fully saturated rings. The van der Waals surface area contributed by atoms with Gasteiger partial charge in [-0.3, -0.25) is 19.4 Å². The average molecular weight is 810 g/mol. The Morgan fingerprint density at radius 3 is 2.47 bits per heavy atom. The lowest BCUT2D eigenvalue weighted by Gasteiger charge is -2.33. The summed E-state index contributed by atoms with van der Waals surface area (Å²) in [5.74, 6) is 2.88. The van der Waals surface area contributed by atoms with Crippen LogP contribution in [-0.2, 0) is 10.2 Å². The van der Waals surface area contributed by atoms with Gasteiger partial charge in [-0.05, 0) is 87.3 Å². The average Bonchev–Trinajstić information content (AvgIpc) is 3.85. The molecule has 8 rings (SSSR count). The summed E-state index contributed by atoms with van der Waals surface area (Å²) < 4.78 is 30.2. The molecule has 14 nitrogen and oxygen atoms in total. The van der Waals surface area contributed by atoms with Crippen molar-refractivity contribution in [2.45, 2.75) is 102 Å². The number of carbonyl (C=O) groups excluding carboxylic acids is 1. The first-order valence-corrected chi connectivity index (χ1v) is 20.7. The number of carbonyl (C=O) groups is 2. The molecular formula is C44H56FN9O5. The minimum absolute atomic E-state index is 0.175. The van der Waals surface area contributed by atoms with E-state index in [-0.39, 0.29) is 30.1 Å². The van der Waals surface area contributed by atoms with Gasteiger partial charge in [0.2, 0.25) is 5.95 Å². The van der Waals surface area contributed by atoms with E-state index in [4.69, 9.17) is 24.5 Å². The number of benzene rings is 2. The fourth-order valence-corrected chi connectivity index (χ4v) is 8.17. The van der Waals surface area contributed by atoms with Gasteiger partial charge in [0.25, 0.3) is 6.47 Å². The Morgan fingerprint density at radius 1 is 0.932 bits per heavy atom. The van der Waals surface area contributed by atoms with Gasteiger partial charge in [0, 0.05) is 49.8 Å². The lowest BCUT2D eigenvalue weighted by molar-refractivity contribution is -0.122. The molecule has 0 bridgehead atoms. The van der Waals surface area contributed by atoms with Crippen molar-refractivity contribution in [3.05, 3.63) is 89.7 Å². The molecule has 314 valence electrons. The number of pyridine rings is 1. The third kappa shape index (κ3) is 9.95. The monoisotopic (exact) mass is 809 g/mol. The highest BCUT2D eigenvalue weighted by atomic mass is 19.1. The number of alkyl halides is 1. The Balaban J connectivity index is 0.00000171. The van der Waals surface area contributed by atoms with E-state index in [1.807, 2.05) is 65.2 Å². The van der Waals surface area contributed by atoms with E-state index in [0.29, 0.717) is 43.5 Å². The van der Waals surface area contributed by atoms with Gasteiger partial charge in [-0.15, -0.1) is 10.2 Å². The van der Waals surface area contributed by atoms with E-state index in [0.717, 1.165) is 85.3 Å². The van der Waals surface area contributed by atoms with Crippen LogP contribution in [0.3, 0.4) is 0 Å². The van der Waals surface area contributed by atoms with Gasteiger partial charge in [-0.25, -0.2) is 13.9 Å². The molecule has 2 saturated heterocycles. The standard InChI is InChI=1S/C43H54FN9O3.CH2O2/c1-29-10-7-8-21-51(29)42-48-47-39-18-15-33(28-52(39)42)56-37-17-16-36(34-13-5-6-14-35(34)37)45-41(54)46-40-27-38(43(2,3)4)49-53(40)31-11-9-12-32(26-31)55-25-24-50-22-19-30(44)20-23-50;2-1-3/h5-6,9,11-15,18,26-30,36-37H,7-8,10,16-17,19-25H2,1-4H3,(H2,45,46,54);1H,(H,2,3)/t29?,36-,37+;/m0./s1. The van der Waals surface area contributed by atoms with Gasteiger partial charge < -0.3 is 24.8 Å². The summed E-state index contributed by atoms with van der Waals surface area (Å²) in [6.45, 7) is 12.0. The molecule has 3 aliphatic rings. The quantitative estimate of drug-likeness (QED) is 0.119. The summed E-state index contributed by atoms with van der Waals surface area (Å²) in [6, 6.07) is 21.7. The number of rotatable bonds is 10. The number of aromatic nitrogens is 5. The zero-order valence-corrected chi connectivity index (χ0v) is 34.4. The summed E-state index contributed by atoms with van der Waals surface area (Å²) in [4.78, 5) is 26.8. The van der Waals surface area contributed by atoms with Crippen LogP contribution in [0, 0.1) is 0 Å². The largest absolute Gasteiger partial charge is 0.492 e. The van der Waals surface area contributed by atoms with Gasteiger partial charge in [0.15, 0.2) is 5.65 Å². The van der Waals surface area contributed by atoms with Crippen LogP contribution >= 0.6 is 0 Å². The summed E-state index contributed by atoms with van der Waals surface area (Å²) in [5.41, 5.74) is 4.26. The Kier molecular flexibility index (Phi) is 13.0. The highest BCUT2D eigenvalue weighted by Gasteiger charge is 2.31. The number of amides is 2. The highest BCUT2D eigenvalue weighted by Crippen LogP contribution is 2.39. The summed E-state index contributed by atoms with van der Waals surface area (Å²) >= 11 is 0. The van der Waals surface area contributed by atoms with Crippen molar-refractivity contribution in [1.82, 2.24) is 34.6 Å². The van der Waals surface area contributed by atoms with Crippen LogP contribution in [0.5, 0.6) is 11.5 Å². The molecule has 3 atom stereocenters. The maximum Gasteiger partial charge on any atom is 0.320 e. The molecular weight excluding hydrogens is 754 g/mol. The summed E-state index contributed by atoms with van der Waals surface area (Å²) in [5, 5.41) is 27.2. The minimum atomic E-state index is -0.692. The lowest BCUT2D eigenvalue weighted by Crippen LogP contribution is -2.38. The maximum absolute atomic E-state index is 13.8. The molecule has 0 radical (unpaired) electrons. The second kappa shape index (κ2) is 18.5. The van der Waals surface area contributed by atoms with Crippen molar-refractivity contribution in [3.63, 3.8) is 0 Å². The molecule has 2 aromatic carbocycles. The van der Waals surface area contributed by atoms with Crippen molar-refractivity contribution in [1.29, 1.82) is 0 Å². The molecule has 15 heteroatoms. The number of ether oxygens (including phenoxy) is 2. The zero-order chi connectivity index (χ0) is 41.5. The van der Waals surface area contributed by atoms with Gasteiger partial charge in [-0.2, -0.15) is 5.10 Å². The second-order valence-electron chi connectivity index (χ2n) is 16.6. The van der Waals surface area contributed by atoms with Gasteiger partial charge >= 0.3 is 6.03 Å². The predicted molar refractivity (Wildman–Crippen MR) is 225 cm³/mol. The zero-order valence-electron chi connectivity index (χ0n) is 34.4. The number of fused-ring (bicyclic) bond motifs is 2. The number of carboxylic acid groups (broad SMARTS) is 1. The summed E-state index contributed by atoms with van der Waals surface area (Å²) in [7, 11) is 0. The van der Waals surface area contributed by atoms with Crippen molar-refractivity contribution < 1.29 is 28.6 Å². The number of nitrogens with zero attached hydrogens (tertiary/aromatic N) is 7. The molecule has 5 aromatic rings. The Hall–Kier alpha value is -5.70. The number of likely N-dealkylation sites (tertiary alicyclic amines) is 1. The first-order valence-electron chi connectivity index (χ1n) is 20.7. The fourth-order valence-electron chi connectivity index (χ4n) is 8.17. The molecule has 0 saturated carbocycles. The first kappa shape index (κ1) is 41.5. The lowest BCUT2D eigenvalue weighted by atomic mass is 9.85. The van der Waals surface area contributed by atoms with Crippen LogP contribution in [0.2, 0.25) is 0 Å². The van der Waals surface area contributed by atoms with Crippen molar-refractivity contribution in [2.24, 2.45) is 0 Å². The Labute approximate surface area is 344 Å². The van der Waals surface area contributed by atoms with Crippen LogP contribution in [-0.4, -0.2) is 91.9 Å². The normalized spacial score (nSPS) is 19.9. The first-order chi connectivity index (χ1) is 28.5. The number of hydrogen-bond donors (Lipinski definition) is 3. The minimum Gasteiger partial charge on any atom is -0.492 e. The molecule has 3 N–H and O–H groups in total. The molecule has 0 spiro atoms. The van der Waals surface area contributed by atoms with Crippen LogP contribution < -0.4 is 25.0 Å². The SMILES string of the molecule is CC1CCCCN1c1nnc2ccc(O[C@@H]3CC[C@H](NC(=O)Nc4cc(C(C)(C)C)nn4-c4cccc(OCCN5CCC(F)CC5)c4)c4ccccc43)cn12.O=CO. The molecule has 2 aliphatic heterocycles. The van der Waals surface area contributed by atoms with Crippen LogP contribution in [0.4, 0.5) is 21.0 Å². The number of hydrogen-bond acceptors (Lipinski definition) is 9. The van der Waals surface area contributed by atoms with E-state index in [2.05, 4.69) is 70.5 Å². The number of piperidine rings is 2. The Morgan fingerprint density at radius 2 is 1.71 bits per heavy atom. The molecule has 3 aromatic heterocycles. The second-order valence-corrected chi connectivity index (χ2v) is 16.6. The maximum atomic E-state index is 13.8. The van der Waals surface area contributed by atoms with E-state index >= 15 is 0 Å². The van der Waals surface area contributed by atoms with Crippen LogP contribution in [0.15, 0.2) is 72.9 Å². The summed E-state index contributed by atoms with van der Waals surface area (Å²) in [6.07, 6.45) is 7.26. The fraction of sp³-hybridized carbons (Fsp3) is 0.477. The molecule has 59 heavy (non-hydrogen) atoms. The van der Waals surface area contributed by atoms with Gasteiger partial charge in [0.1, 0.15) is 36.2 Å². The van der Waals surface area contributed by atoms with Crippen molar-refractivity contribution in [3.8, 4) is 17.2 Å². The van der Waals surface area contributed by atoms with Crippen molar-refractivity contribution in [2.75, 3.05) is 43.0 Å². The smallest absolute Gasteiger partial charge is 0.320 e. The van der Waals surface area contributed by atoms with E-state index in [9.17, 15) is 9.18 Å². The third-order valence-corrected chi connectivity index (χ3v) is 11.4. The number of anilines is 2. The molecule has 1 aliphatic carbocycles. The van der Waals surface area contributed by atoms with Crippen LogP contribution in [0.25, 0.3) is 11.3 Å².